The third-order valence-corrected chi connectivity index (χ3v) is 5.72. The van der Waals surface area contributed by atoms with Crippen LogP contribution in [0.2, 0.25) is 0 Å². The number of para-hydroxylation sites is 1. The molecule has 1 saturated carbocycles. The van der Waals surface area contributed by atoms with Crippen molar-refractivity contribution < 1.29 is 8.42 Å². The minimum Gasteiger partial charge on any atom is -0.255 e. The van der Waals surface area contributed by atoms with Gasteiger partial charge in [0.1, 0.15) is 4.90 Å². The Hall–Kier alpha value is -1.46. The van der Waals surface area contributed by atoms with Crippen molar-refractivity contribution in [2.75, 3.05) is 6.54 Å². The zero-order valence-electron chi connectivity index (χ0n) is 11.7. The Kier molecular flexibility index (Phi) is 3.26. The molecule has 0 unspecified atom stereocenters. The highest BCUT2D eigenvalue weighted by Crippen LogP contribution is 2.33. The van der Waals surface area contributed by atoms with Crippen LogP contribution in [0.25, 0.3) is 10.9 Å². The summed E-state index contributed by atoms with van der Waals surface area (Å²) in [5.74, 6) is 0. The van der Waals surface area contributed by atoms with Crippen molar-refractivity contribution in [3.05, 3.63) is 36.0 Å². The van der Waals surface area contributed by atoms with Crippen molar-refractivity contribution in [1.29, 1.82) is 0 Å². The quantitative estimate of drug-likeness (QED) is 0.870. The zero-order valence-corrected chi connectivity index (χ0v) is 12.5. The average molecular weight is 290 g/mol. The van der Waals surface area contributed by atoms with Gasteiger partial charge in [0, 0.05) is 24.2 Å². The van der Waals surface area contributed by atoms with Crippen molar-refractivity contribution in [3.8, 4) is 0 Å². The number of hydrogen-bond donors (Lipinski definition) is 0. The molecule has 106 valence electrons. The highest BCUT2D eigenvalue weighted by molar-refractivity contribution is 7.89. The van der Waals surface area contributed by atoms with Gasteiger partial charge in [0.15, 0.2) is 0 Å². The minimum absolute atomic E-state index is 0.172. The molecule has 3 rings (SSSR count). The summed E-state index contributed by atoms with van der Waals surface area (Å²) in [5.41, 5.74) is 1.60. The number of nitrogens with zero attached hydrogens (tertiary/aromatic N) is 2. The molecule has 0 saturated heterocycles. The molecule has 0 bridgehead atoms. The Balaban J connectivity index is 2.18. The van der Waals surface area contributed by atoms with E-state index in [2.05, 4.69) is 4.98 Å². The molecule has 0 atom stereocenters. The van der Waals surface area contributed by atoms with Crippen LogP contribution in [-0.2, 0) is 10.0 Å². The molecule has 1 aliphatic rings. The average Bonchev–Trinajstić information content (AvgIpc) is 3.22. The van der Waals surface area contributed by atoms with Gasteiger partial charge in [-0.3, -0.25) is 4.98 Å². The number of benzene rings is 1. The first-order valence-electron chi connectivity index (χ1n) is 6.91. The molecule has 1 aliphatic carbocycles. The highest BCUT2D eigenvalue weighted by atomic mass is 32.2. The molecule has 20 heavy (non-hydrogen) atoms. The van der Waals surface area contributed by atoms with Gasteiger partial charge in [0.25, 0.3) is 0 Å². The van der Waals surface area contributed by atoms with E-state index >= 15 is 0 Å². The maximum Gasteiger partial charge on any atom is 0.245 e. The monoisotopic (exact) mass is 290 g/mol. The Morgan fingerprint density at radius 3 is 2.75 bits per heavy atom. The fraction of sp³-hybridized carbons (Fsp3) is 0.400. The topological polar surface area (TPSA) is 50.3 Å². The van der Waals surface area contributed by atoms with Crippen LogP contribution in [0.4, 0.5) is 0 Å². The Morgan fingerprint density at radius 2 is 2.10 bits per heavy atom. The van der Waals surface area contributed by atoms with E-state index in [0.717, 1.165) is 23.8 Å². The maximum atomic E-state index is 12.8. The van der Waals surface area contributed by atoms with E-state index in [1.807, 2.05) is 26.0 Å². The molecule has 4 nitrogen and oxygen atoms in total. The molecule has 5 heteroatoms. The largest absolute Gasteiger partial charge is 0.255 e. The molecule has 1 fully saturated rings. The lowest BCUT2D eigenvalue weighted by Crippen LogP contribution is -2.33. The number of aromatic nitrogens is 1. The predicted molar refractivity (Wildman–Crippen MR) is 79.1 cm³/mol. The van der Waals surface area contributed by atoms with E-state index in [0.29, 0.717) is 17.0 Å². The maximum absolute atomic E-state index is 12.8. The van der Waals surface area contributed by atoms with E-state index in [1.165, 1.54) is 0 Å². The van der Waals surface area contributed by atoms with Gasteiger partial charge in [-0.05, 0) is 37.5 Å². The Morgan fingerprint density at radius 1 is 1.35 bits per heavy atom. The molecule has 1 aromatic heterocycles. The van der Waals surface area contributed by atoms with Crippen LogP contribution >= 0.6 is 0 Å². The van der Waals surface area contributed by atoms with Crippen LogP contribution < -0.4 is 0 Å². The molecule has 0 spiro atoms. The van der Waals surface area contributed by atoms with Crippen molar-refractivity contribution in [1.82, 2.24) is 9.29 Å². The lowest BCUT2D eigenvalue weighted by Gasteiger charge is -2.20. The molecule has 0 radical (unpaired) electrons. The summed E-state index contributed by atoms with van der Waals surface area (Å²) >= 11 is 0. The van der Waals surface area contributed by atoms with Crippen molar-refractivity contribution in [3.63, 3.8) is 0 Å². The van der Waals surface area contributed by atoms with Gasteiger partial charge in [0.2, 0.25) is 10.0 Å². The molecular formula is C15H18N2O2S. The summed E-state index contributed by atoms with van der Waals surface area (Å²) in [6.45, 7) is 4.35. The third-order valence-electron chi connectivity index (χ3n) is 3.66. The van der Waals surface area contributed by atoms with E-state index < -0.39 is 10.0 Å². The number of hydrogen-bond acceptors (Lipinski definition) is 3. The van der Waals surface area contributed by atoms with Gasteiger partial charge in [-0.1, -0.05) is 19.1 Å². The predicted octanol–water partition coefficient (Wildman–Crippen LogP) is 2.72. The normalized spacial score (nSPS) is 15.9. The summed E-state index contributed by atoms with van der Waals surface area (Å²) in [6.07, 6.45) is 3.64. The van der Waals surface area contributed by atoms with Crippen molar-refractivity contribution in [2.45, 2.75) is 37.6 Å². The number of aryl methyl sites for hydroxylation is 1. The van der Waals surface area contributed by atoms with E-state index in [9.17, 15) is 8.42 Å². The highest BCUT2D eigenvalue weighted by Gasteiger charge is 2.37. The Labute approximate surface area is 119 Å². The Bertz CT molecular complexity index is 752. The lowest BCUT2D eigenvalue weighted by molar-refractivity contribution is 0.421. The van der Waals surface area contributed by atoms with Crippen molar-refractivity contribution in [2.24, 2.45) is 0 Å². The molecule has 1 heterocycles. The van der Waals surface area contributed by atoms with Gasteiger partial charge >= 0.3 is 0 Å². The first-order valence-corrected chi connectivity index (χ1v) is 8.35. The van der Waals surface area contributed by atoms with E-state index in [4.69, 9.17) is 0 Å². The summed E-state index contributed by atoms with van der Waals surface area (Å²) in [6, 6.07) is 7.49. The van der Waals surface area contributed by atoms with Crippen LogP contribution in [0.15, 0.2) is 35.4 Å². The SMILES string of the molecule is CCN(C1CC1)S(=O)(=O)c1cccc2cc(C)cnc12. The second-order valence-electron chi connectivity index (χ2n) is 5.28. The fourth-order valence-corrected chi connectivity index (χ4v) is 4.43. The third kappa shape index (κ3) is 2.21. The van der Waals surface area contributed by atoms with Gasteiger partial charge < -0.3 is 0 Å². The van der Waals surface area contributed by atoms with Gasteiger partial charge in [-0.2, -0.15) is 4.31 Å². The molecular weight excluding hydrogens is 272 g/mol. The zero-order chi connectivity index (χ0) is 14.3. The van der Waals surface area contributed by atoms with Gasteiger partial charge in [0.05, 0.1) is 5.52 Å². The standard InChI is InChI=1S/C15H18N2O2S/c1-3-17(13-7-8-13)20(18,19)14-6-4-5-12-9-11(2)10-16-15(12)14/h4-6,9-10,13H,3,7-8H2,1-2H3. The van der Waals surface area contributed by atoms with Crippen LogP contribution in [0.1, 0.15) is 25.3 Å². The molecule has 2 aromatic rings. The fourth-order valence-electron chi connectivity index (χ4n) is 2.56. The summed E-state index contributed by atoms with van der Waals surface area (Å²) in [7, 11) is -3.46. The van der Waals surface area contributed by atoms with Crippen LogP contribution in [0.3, 0.4) is 0 Å². The first kappa shape index (κ1) is 13.5. The van der Waals surface area contributed by atoms with E-state index in [1.54, 1.807) is 22.6 Å². The second-order valence-corrected chi connectivity index (χ2v) is 7.14. The lowest BCUT2D eigenvalue weighted by atomic mass is 10.2. The number of pyridine rings is 1. The van der Waals surface area contributed by atoms with Crippen LogP contribution in [0.5, 0.6) is 0 Å². The van der Waals surface area contributed by atoms with Crippen molar-refractivity contribution >= 4 is 20.9 Å². The molecule has 1 aromatic carbocycles. The van der Waals surface area contributed by atoms with E-state index in [-0.39, 0.29) is 6.04 Å². The molecule has 0 aliphatic heterocycles. The van der Waals surface area contributed by atoms with Gasteiger partial charge in [-0.25, -0.2) is 8.42 Å². The van der Waals surface area contributed by atoms with Crippen LogP contribution in [0, 0.1) is 6.92 Å². The minimum atomic E-state index is -3.46. The van der Waals surface area contributed by atoms with Crippen LogP contribution in [-0.4, -0.2) is 30.3 Å². The summed E-state index contributed by atoms with van der Waals surface area (Å²) < 4.78 is 27.3. The second kappa shape index (κ2) is 4.82. The molecule has 0 N–H and O–H groups in total. The summed E-state index contributed by atoms with van der Waals surface area (Å²) in [4.78, 5) is 4.66. The number of fused-ring (bicyclic) bond motifs is 1. The number of sulfonamides is 1. The smallest absolute Gasteiger partial charge is 0.245 e. The van der Waals surface area contributed by atoms with Gasteiger partial charge in [-0.15, -0.1) is 0 Å². The molecule has 0 amide bonds. The summed E-state index contributed by atoms with van der Waals surface area (Å²) in [5, 5.41) is 0.873. The number of rotatable bonds is 4. The first-order chi connectivity index (χ1) is 9.54.